The molecule has 0 radical (unpaired) electrons. The van der Waals surface area contributed by atoms with Crippen LogP contribution >= 0.6 is 0 Å². The van der Waals surface area contributed by atoms with Gasteiger partial charge in [0.25, 0.3) is 0 Å². The largest absolute Gasteiger partial charge is 0.464 e. The molecule has 0 bridgehead atoms. The first-order valence-corrected chi connectivity index (χ1v) is 6.17. The van der Waals surface area contributed by atoms with Crippen molar-refractivity contribution in [3.05, 3.63) is 36.1 Å². The van der Waals surface area contributed by atoms with Gasteiger partial charge in [0.2, 0.25) is 0 Å². The summed E-state index contributed by atoms with van der Waals surface area (Å²) in [5.41, 5.74) is 8.28. The zero-order valence-corrected chi connectivity index (χ0v) is 10.1. The number of hydrogen-bond donors (Lipinski definition) is 1. The van der Waals surface area contributed by atoms with Crippen LogP contribution in [0, 0.1) is 5.92 Å². The van der Waals surface area contributed by atoms with Crippen LogP contribution < -0.4 is 5.73 Å². The van der Waals surface area contributed by atoms with Crippen molar-refractivity contribution < 1.29 is 4.42 Å². The number of likely N-dealkylation sites (tertiary alicyclic amines) is 1. The highest BCUT2D eigenvalue weighted by Gasteiger charge is 2.26. The van der Waals surface area contributed by atoms with E-state index < -0.39 is 0 Å². The normalized spacial score (nSPS) is 25.8. The molecule has 3 nitrogen and oxygen atoms in total. The number of benzene rings is 1. The number of furan rings is 1. The number of fused-ring (bicyclic) bond motifs is 1. The first kappa shape index (κ1) is 10.8. The van der Waals surface area contributed by atoms with Gasteiger partial charge in [0.1, 0.15) is 5.58 Å². The van der Waals surface area contributed by atoms with Crippen LogP contribution in [0.25, 0.3) is 11.0 Å². The van der Waals surface area contributed by atoms with Gasteiger partial charge in [-0.25, -0.2) is 0 Å². The summed E-state index contributed by atoms with van der Waals surface area (Å²) in [7, 11) is 0. The molecule has 0 amide bonds. The van der Waals surface area contributed by atoms with Crippen molar-refractivity contribution >= 4 is 11.0 Å². The van der Waals surface area contributed by atoms with Crippen LogP contribution in [-0.4, -0.2) is 24.0 Å². The molecule has 2 N–H and O–H groups in total. The van der Waals surface area contributed by atoms with E-state index in [0.29, 0.717) is 12.0 Å². The van der Waals surface area contributed by atoms with E-state index in [9.17, 15) is 0 Å². The Labute approximate surface area is 101 Å². The van der Waals surface area contributed by atoms with Gasteiger partial charge in [0, 0.05) is 36.6 Å². The molecule has 2 heterocycles. The second kappa shape index (κ2) is 4.17. The van der Waals surface area contributed by atoms with E-state index in [1.165, 1.54) is 10.9 Å². The van der Waals surface area contributed by atoms with Crippen LogP contribution in [0.4, 0.5) is 0 Å². The third-order valence-corrected chi connectivity index (χ3v) is 3.70. The topological polar surface area (TPSA) is 42.4 Å². The molecular formula is C14H18N2O. The van der Waals surface area contributed by atoms with Gasteiger partial charge in [0.05, 0.1) is 6.26 Å². The van der Waals surface area contributed by atoms with Gasteiger partial charge in [-0.1, -0.05) is 25.1 Å². The Kier molecular flexibility index (Phi) is 2.65. The maximum absolute atomic E-state index is 6.05. The predicted molar refractivity (Wildman–Crippen MR) is 68.6 cm³/mol. The van der Waals surface area contributed by atoms with Crippen LogP contribution in [0.2, 0.25) is 0 Å². The molecule has 1 aromatic carbocycles. The van der Waals surface area contributed by atoms with Gasteiger partial charge in [0.15, 0.2) is 0 Å². The molecule has 2 unspecified atom stereocenters. The Morgan fingerprint density at radius 3 is 2.94 bits per heavy atom. The summed E-state index contributed by atoms with van der Waals surface area (Å²) in [6, 6.07) is 8.50. The van der Waals surface area contributed by atoms with Crippen LogP contribution in [0.5, 0.6) is 0 Å². The zero-order chi connectivity index (χ0) is 11.8. The van der Waals surface area contributed by atoms with Crippen molar-refractivity contribution in [2.24, 2.45) is 11.7 Å². The molecule has 0 saturated carbocycles. The molecule has 17 heavy (non-hydrogen) atoms. The fraction of sp³-hybridized carbons (Fsp3) is 0.429. The quantitative estimate of drug-likeness (QED) is 0.860. The van der Waals surface area contributed by atoms with Crippen molar-refractivity contribution in [2.45, 2.75) is 19.5 Å². The lowest BCUT2D eigenvalue weighted by molar-refractivity contribution is 0.318. The summed E-state index contributed by atoms with van der Waals surface area (Å²) in [5.74, 6) is 0.591. The number of hydrogen-bond acceptors (Lipinski definition) is 3. The van der Waals surface area contributed by atoms with Crippen LogP contribution in [-0.2, 0) is 6.54 Å². The van der Waals surface area contributed by atoms with E-state index in [2.05, 4.69) is 24.0 Å². The Balaban J connectivity index is 1.81. The second-order valence-electron chi connectivity index (χ2n) is 5.09. The average molecular weight is 230 g/mol. The van der Waals surface area contributed by atoms with E-state index in [-0.39, 0.29) is 0 Å². The number of nitrogens with two attached hydrogens (primary N) is 1. The van der Waals surface area contributed by atoms with Crippen molar-refractivity contribution in [1.29, 1.82) is 0 Å². The minimum Gasteiger partial charge on any atom is -0.464 e. The molecule has 2 atom stereocenters. The summed E-state index contributed by atoms with van der Waals surface area (Å²) >= 11 is 0. The van der Waals surface area contributed by atoms with Gasteiger partial charge in [-0.05, 0) is 12.0 Å². The fourth-order valence-corrected chi connectivity index (χ4v) is 2.62. The van der Waals surface area contributed by atoms with E-state index in [1.807, 2.05) is 18.4 Å². The monoisotopic (exact) mass is 230 g/mol. The summed E-state index contributed by atoms with van der Waals surface area (Å²) in [6.45, 7) is 5.23. The zero-order valence-electron chi connectivity index (χ0n) is 10.1. The molecular weight excluding hydrogens is 212 g/mol. The maximum atomic E-state index is 6.05. The first-order valence-electron chi connectivity index (χ1n) is 6.17. The minimum absolute atomic E-state index is 0.313. The van der Waals surface area contributed by atoms with Gasteiger partial charge in [-0.3, -0.25) is 4.90 Å². The Morgan fingerprint density at radius 1 is 1.35 bits per heavy atom. The smallest absolute Gasteiger partial charge is 0.134 e. The van der Waals surface area contributed by atoms with Crippen molar-refractivity contribution in [1.82, 2.24) is 4.90 Å². The lowest BCUT2D eigenvalue weighted by Gasteiger charge is -2.13. The second-order valence-corrected chi connectivity index (χ2v) is 5.09. The minimum atomic E-state index is 0.313. The molecule has 1 aliphatic rings. The van der Waals surface area contributed by atoms with E-state index in [4.69, 9.17) is 10.2 Å². The summed E-state index contributed by atoms with van der Waals surface area (Å²) in [6.07, 6.45) is 1.87. The molecule has 1 aliphatic heterocycles. The summed E-state index contributed by atoms with van der Waals surface area (Å²) in [4.78, 5) is 2.41. The Morgan fingerprint density at radius 2 is 2.18 bits per heavy atom. The van der Waals surface area contributed by atoms with Crippen LogP contribution in [0.1, 0.15) is 12.5 Å². The molecule has 3 heteroatoms. The SMILES string of the molecule is CC1CN(Cc2coc3ccccc23)CC1N. The molecule has 3 rings (SSSR count). The summed E-state index contributed by atoms with van der Waals surface area (Å²) < 4.78 is 5.56. The first-order chi connectivity index (χ1) is 8.24. The third kappa shape index (κ3) is 1.96. The number of para-hydroxylation sites is 1. The average Bonchev–Trinajstić information content (AvgIpc) is 2.85. The Bertz CT molecular complexity index is 510. The van der Waals surface area contributed by atoms with Crippen molar-refractivity contribution in [2.75, 3.05) is 13.1 Å². The molecule has 2 aromatic rings. The van der Waals surface area contributed by atoms with E-state index in [0.717, 1.165) is 25.2 Å². The standard InChI is InChI=1S/C14H18N2O/c1-10-6-16(8-13(10)15)7-11-9-17-14-5-3-2-4-12(11)14/h2-5,9-10,13H,6-8,15H2,1H3. The maximum Gasteiger partial charge on any atom is 0.134 e. The number of nitrogens with zero attached hydrogens (tertiary/aromatic N) is 1. The number of rotatable bonds is 2. The molecule has 1 fully saturated rings. The molecule has 90 valence electrons. The molecule has 1 aromatic heterocycles. The lowest BCUT2D eigenvalue weighted by Crippen LogP contribution is -2.28. The Hall–Kier alpha value is -1.32. The van der Waals surface area contributed by atoms with E-state index in [1.54, 1.807) is 0 Å². The van der Waals surface area contributed by atoms with Gasteiger partial charge in [-0.15, -0.1) is 0 Å². The fourth-order valence-electron chi connectivity index (χ4n) is 2.62. The predicted octanol–water partition coefficient (Wildman–Crippen LogP) is 2.21. The van der Waals surface area contributed by atoms with Crippen LogP contribution in [0.15, 0.2) is 34.9 Å². The highest BCUT2D eigenvalue weighted by molar-refractivity contribution is 5.80. The lowest BCUT2D eigenvalue weighted by atomic mass is 10.1. The van der Waals surface area contributed by atoms with Gasteiger partial charge >= 0.3 is 0 Å². The summed E-state index contributed by atoms with van der Waals surface area (Å²) in [5, 5.41) is 1.22. The molecule has 0 spiro atoms. The third-order valence-electron chi connectivity index (χ3n) is 3.70. The van der Waals surface area contributed by atoms with Crippen molar-refractivity contribution in [3.63, 3.8) is 0 Å². The van der Waals surface area contributed by atoms with Crippen molar-refractivity contribution in [3.8, 4) is 0 Å². The highest BCUT2D eigenvalue weighted by atomic mass is 16.3. The van der Waals surface area contributed by atoms with E-state index >= 15 is 0 Å². The highest BCUT2D eigenvalue weighted by Crippen LogP contribution is 2.24. The molecule has 0 aliphatic carbocycles. The van der Waals surface area contributed by atoms with Gasteiger partial charge in [-0.2, -0.15) is 0 Å². The van der Waals surface area contributed by atoms with Gasteiger partial charge < -0.3 is 10.2 Å². The molecule has 1 saturated heterocycles. The van der Waals surface area contributed by atoms with Crippen LogP contribution in [0.3, 0.4) is 0 Å².